The van der Waals surface area contributed by atoms with Crippen LogP contribution in [0.15, 0.2) is 12.3 Å². The topological polar surface area (TPSA) is 22.1 Å². The largest absolute Gasteiger partial charge is 0.433 e. The van der Waals surface area contributed by atoms with Gasteiger partial charge >= 0.3 is 6.61 Å². The standard InChI is InChI=1S/C6H3F3NO/c7-4-1-5(3-10-2-4)11-6(8)9/h1,3,6H. The second kappa shape index (κ2) is 3.23. The zero-order valence-electron chi connectivity index (χ0n) is 5.22. The molecule has 0 atom stereocenters. The van der Waals surface area contributed by atoms with Crippen LogP contribution in [0.1, 0.15) is 0 Å². The summed E-state index contributed by atoms with van der Waals surface area (Å²) in [7, 11) is 0. The van der Waals surface area contributed by atoms with Crippen LogP contribution in [0.3, 0.4) is 0 Å². The summed E-state index contributed by atoms with van der Waals surface area (Å²) in [6.07, 6.45) is 2.86. The lowest BCUT2D eigenvalue weighted by atomic mass is 10.4. The Balaban J connectivity index is 2.71. The molecule has 1 heterocycles. The Morgan fingerprint density at radius 2 is 2.27 bits per heavy atom. The summed E-state index contributed by atoms with van der Waals surface area (Å²) in [4.78, 5) is 3.18. The number of nitrogens with zero attached hydrogens (tertiary/aromatic N) is 1. The second-order valence-corrected chi connectivity index (χ2v) is 1.64. The number of ether oxygens (including phenoxy) is 1. The van der Waals surface area contributed by atoms with E-state index >= 15 is 0 Å². The highest BCUT2D eigenvalue weighted by Gasteiger charge is 2.04. The van der Waals surface area contributed by atoms with Gasteiger partial charge in [-0.25, -0.2) is 9.37 Å². The van der Waals surface area contributed by atoms with Gasteiger partial charge in [-0.2, -0.15) is 8.78 Å². The minimum atomic E-state index is -2.96. The zero-order chi connectivity index (χ0) is 8.27. The Morgan fingerprint density at radius 3 is 2.82 bits per heavy atom. The number of alkyl halides is 2. The van der Waals surface area contributed by atoms with Gasteiger partial charge in [0, 0.05) is 6.07 Å². The summed E-state index contributed by atoms with van der Waals surface area (Å²) >= 11 is 0. The molecule has 0 amide bonds. The van der Waals surface area contributed by atoms with Crippen molar-refractivity contribution in [1.82, 2.24) is 4.98 Å². The Labute approximate surface area is 60.6 Å². The summed E-state index contributed by atoms with van der Waals surface area (Å²) in [5.41, 5.74) is 0. The van der Waals surface area contributed by atoms with E-state index in [1.807, 2.05) is 6.20 Å². The lowest BCUT2D eigenvalue weighted by Gasteiger charge is -2.01. The van der Waals surface area contributed by atoms with Crippen molar-refractivity contribution < 1.29 is 17.9 Å². The lowest BCUT2D eigenvalue weighted by Crippen LogP contribution is -2.02. The third kappa shape index (κ3) is 2.45. The highest BCUT2D eigenvalue weighted by Crippen LogP contribution is 2.12. The lowest BCUT2D eigenvalue weighted by molar-refractivity contribution is -0.0502. The molecule has 0 aromatic carbocycles. The molecule has 11 heavy (non-hydrogen) atoms. The molecule has 0 saturated carbocycles. The summed E-state index contributed by atoms with van der Waals surface area (Å²) in [5.74, 6) is -1.14. The van der Waals surface area contributed by atoms with Gasteiger partial charge in [0.15, 0.2) is 5.82 Å². The maximum Gasteiger partial charge on any atom is 0.387 e. The number of rotatable bonds is 2. The van der Waals surface area contributed by atoms with Gasteiger partial charge in [0.2, 0.25) is 0 Å². The van der Waals surface area contributed by atoms with Crippen LogP contribution in [-0.2, 0) is 0 Å². The maximum atomic E-state index is 12.2. The molecule has 0 saturated heterocycles. The van der Waals surface area contributed by atoms with E-state index in [0.717, 1.165) is 12.3 Å². The van der Waals surface area contributed by atoms with E-state index in [1.165, 1.54) is 0 Å². The SMILES string of the molecule is Fc1[c]ncc(OC(F)F)c1. The highest BCUT2D eigenvalue weighted by molar-refractivity contribution is 5.16. The first-order valence-electron chi connectivity index (χ1n) is 2.66. The quantitative estimate of drug-likeness (QED) is 0.659. The molecule has 0 unspecified atom stereocenters. The summed E-state index contributed by atoms with van der Waals surface area (Å²) < 4.78 is 39.0. The van der Waals surface area contributed by atoms with Crippen molar-refractivity contribution in [3.63, 3.8) is 0 Å². The first kappa shape index (κ1) is 7.84. The first-order chi connectivity index (χ1) is 5.18. The fourth-order valence-corrected chi connectivity index (χ4v) is 0.519. The van der Waals surface area contributed by atoms with Gasteiger partial charge < -0.3 is 4.74 Å². The molecule has 1 aromatic rings. The molecule has 5 heteroatoms. The number of halogens is 3. The van der Waals surface area contributed by atoms with Crippen molar-refractivity contribution in [2.24, 2.45) is 0 Å². The van der Waals surface area contributed by atoms with E-state index in [0.29, 0.717) is 0 Å². The fraction of sp³-hybridized carbons (Fsp3) is 0.167. The highest BCUT2D eigenvalue weighted by atomic mass is 19.3. The van der Waals surface area contributed by atoms with Crippen molar-refractivity contribution >= 4 is 0 Å². The fourth-order valence-electron chi connectivity index (χ4n) is 0.519. The van der Waals surface area contributed by atoms with Crippen LogP contribution in [0.4, 0.5) is 13.2 Å². The summed E-state index contributed by atoms with van der Waals surface area (Å²) in [6.45, 7) is -2.96. The van der Waals surface area contributed by atoms with Crippen LogP contribution in [0.2, 0.25) is 0 Å². The summed E-state index contributed by atoms with van der Waals surface area (Å²) in [5, 5.41) is 0. The van der Waals surface area contributed by atoms with Crippen LogP contribution in [-0.4, -0.2) is 11.6 Å². The number of pyridine rings is 1. The molecule has 0 aliphatic carbocycles. The molecule has 1 radical (unpaired) electrons. The van der Waals surface area contributed by atoms with E-state index < -0.39 is 12.4 Å². The van der Waals surface area contributed by atoms with E-state index in [4.69, 9.17) is 0 Å². The second-order valence-electron chi connectivity index (χ2n) is 1.64. The van der Waals surface area contributed by atoms with Crippen LogP contribution >= 0.6 is 0 Å². The third-order valence-electron chi connectivity index (χ3n) is 0.857. The van der Waals surface area contributed by atoms with Crippen molar-refractivity contribution in [3.8, 4) is 5.75 Å². The molecule has 0 N–H and O–H groups in total. The number of hydrogen-bond donors (Lipinski definition) is 0. The van der Waals surface area contributed by atoms with Gasteiger partial charge in [0.25, 0.3) is 0 Å². The maximum absolute atomic E-state index is 12.2. The molecular weight excluding hydrogens is 159 g/mol. The average Bonchev–Trinajstić information content (AvgIpc) is 1.85. The smallest absolute Gasteiger partial charge is 0.387 e. The van der Waals surface area contributed by atoms with Crippen molar-refractivity contribution in [2.45, 2.75) is 6.61 Å². The molecule has 2 nitrogen and oxygen atoms in total. The summed E-state index contributed by atoms with van der Waals surface area (Å²) in [6, 6.07) is 0.777. The molecule has 0 spiro atoms. The Morgan fingerprint density at radius 1 is 1.55 bits per heavy atom. The Kier molecular flexibility index (Phi) is 2.30. The van der Waals surface area contributed by atoms with E-state index in [2.05, 4.69) is 9.72 Å². The Hall–Kier alpha value is -1.26. The minimum absolute atomic E-state index is 0.309. The molecule has 0 aliphatic rings. The van der Waals surface area contributed by atoms with Crippen LogP contribution in [0, 0.1) is 12.0 Å². The normalized spacial score (nSPS) is 10.2. The van der Waals surface area contributed by atoms with E-state index in [-0.39, 0.29) is 5.75 Å². The van der Waals surface area contributed by atoms with Gasteiger partial charge in [-0.3, -0.25) is 0 Å². The molecule has 0 aliphatic heterocycles. The molecule has 0 fully saturated rings. The predicted molar refractivity (Wildman–Crippen MR) is 29.7 cm³/mol. The molecular formula is C6H3F3NO. The average molecular weight is 162 g/mol. The Bertz CT molecular complexity index is 241. The van der Waals surface area contributed by atoms with Crippen LogP contribution in [0.25, 0.3) is 0 Å². The monoisotopic (exact) mass is 162 g/mol. The van der Waals surface area contributed by atoms with Crippen LogP contribution < -0.4 is 4.74 Å². The van der Waals surface area contributed by atoms with Crippen molar-refractivity contribution in [1.29, 1.82) is 0 Å². The molecule has 0 bridgehead atoms. The van der Waals surface area contributed by atoms with Gasteiger partial charge in [-0.1, -0.05) is 0 Å². The van der Waals surface area contributed by atoms with Gasteiger partial charge in [-0.05, 0) is 0 Å². The first-order valence-corrected chi connectivity index (χ1v) is 2.66. The van der Waals surface area contributed by atoms with Gasteiger partial charge in [0.05, 0.1) is 6.20 Å². The number of aromatic nitrogens is 1. The zero-order valence-corrected chi connectivity index (χ0v) is 5.22. The van der Waals surface area contributed by atoms with E-state index in [1.54, 1.807) is 0 Å². The van der Waals surface area contributed by atoms with Crippen LogP contribution in [0.5, 0.6) is 5.75 Å². The van der Waals surface area contributed by atoms with Crippen molar-refractivity contribution in [3.05, 3.63) is 24.3 Å². The molecule has 1 aromatic heterocycles. The third-order valence-corrected chi connectivity index (χ3v) is 0.857. The molecule has 59 valence electrons. The van der Waals surface area contributed by atoms with Gasteiger partial charge in [-0.15, -0.1) is 0 Å². The minimum Gasteiger partial charge on any atom is -0.433 e. The van der Waals surface area contributed by atoms with E-state index in [9.17, 15) is 13.2 Å². The molecule has 1 rings (SSSR count). The van der Waals surface area contributed by atoms with Gasteiger partial charge in [0.1, 0.15) is 11.9 Å². The predicted octanol–water partition coefficient (Wildman–Crippen LogP) is 1.62. The number of hydrogen-bond acceptors (Lipinski definition) is 2. The van der Waals surface area contributed by atoms with Crippen molar-refractivity contribution in [2.75, 3.05) is 0 Å².